The van der Waals surface area contributed by atoms with Crippen LogP contribution in [0.4, 0.5) is 0 Å². The van der Waals surface area contributed by atoms with Crippen molar-refractivity contribution in [3.8, 4) is 0 Å². The maximum absolute atomic E-state index is 12.4. The third-order valence-corrected chi connectivity index (χ3v) is 6.89. The molecule has 5 nitrogen and oxygen atoms in total. The Kier molecular flexibility index (Phi) is 5.47. The molecule has 2 fully saturated rings. The first kappa shape index (κ1) is 17.7. The molecule has 2 heterocycles. The van der Waals surface area contributed by atoms with E-state index in [1.807, 2.05) is 29.2 Å². The van der Waals surface area contributed by atoms with Gasteiger partial charge in [0.05, 0.1) is 11.5 Å². The third kappa shape index (κ3) is 4.49. The summed E-state index contributed by atoms with van der Waals surface area (Å²) in [4.78, 5) is 16.5. The van der Waals surface area contributed by atoms with Gasteiger partial charge in [0.25, 0.3) is 0 Å². The van der Waals surface area contributed by atoms with Crippen molar-refractivity contribution in [1.82, 2.24) is 9.80 Å². The highest BCUT2D eigenvalue weighted by molar-refractivity contribution is 7.91. The number of rotatable bonds is 4. The number of piperazine rings is 1. The van der Waals surface area contributed by atoms with Gasteiger partial charge in [0.2, 0.25) is 5.91 Å². The lowest BCUT2D eigenvalue weighted by Gasteiger charge is -2.37. The van der Waals surface area contributed by atoms with Gasteiger partial charge in [-0.15, -0.1) is 0 Å². The zero-order valence-electron chi connectivity index (χ0n) is 13.7. The monoisotopic (exact) mass is 370 g/mol. The van der Waals surface area contributed by atoms with Crippen LogP contribution in [0.15, 0.2) is 24.3 Å². The second-order valence-electron chi connectivity index (χ2n) is 6.60. The van der Waals surface area contributed by atoms with Crippen molar-refractivity contribution >= 4 is 27.3 Å². The van der Waals surface area contributed by atoms with Gasteiger partial charge in [-0.25, -0.2) is 8.42 Å². The van der Waals surface area contributed by atoms with Gasteiger partial charge in [-0.1, -0.05) is 23.7 Å². The summed E-state index contributed by atoms with van der Waals surface area (Å²) >= 11 is 5.96. The lowest BCUT2D eigenvalue weighted by atomic mass is 10.1. The molecule has 0 saturated carbocycles. The number of carbonyl (C=O) groups excluding carboxylic acids is 1. The number of sulfone groups is 1. The predicted octanol–water partition coefficient (Wildman–Crippen LogP) is 1.60. The number of carbonyl (C=O) groups is 1. The van der Waals surface area contributed by atoms with E-state index in [0.29, 0.717) is 36.7 Å². The molecule has 1 aromatic rings. The Morgan fingerprint density at radius 1 is 1.21 bits per heavy atom. The van der Waals surface area contributed by atoms with Crippen LogP contribution in [0, 0.1) is 0 Å². The summed E-state index contributed by atoms with van der Waals surface area (Å²) in [6, 6.07) is 7.75. The van der Waals surface area contributed by atoms with Crippen molar-refractivity contribution in [3.63, 3.8) is 0 Å². The van der Waals surface area contributed by atoms with E-state index in [4.69, 9.17) is 11.6 Å². The Morgan fingerprint density at radius 3 is 2.58 bits per heavy atom. The summed E-state index contributed by atoms with van der Waals surface area (Å²) in [5.74, 6) is 0.736. The highest BCUT2D eigenvalue weighted by Crippen LogP contribution is 2.20. The molecule has 7 heteroatoms. The molecule has 24 heavy (non-hydrogen) atoms. The van der Waals surface area contributed by atoms with Crippen molar-refractivity contribution < 1.29 is 13.2 Å². The Labute approximate surface area is 148 Å². The fourth-order valence-electron chi connectivity index (χ4n) is 3.50. The van der Waals surface area contributed by atoms with Crippen LogP contribution >= 0.6 is 11.6 Å². The van der Waals surface area contributed by atoms with E-state index in [2.05, 4.69) is 4.90 Å². The maximum atomic E-state index is 12.4. The van der Waals surface area contributed by atoms with Gasteiger partial charge in [0.15, 0.2) is 9.84 Å². The smallest absolute Gasteiger partial charge is 0.222 e. The maximum Gasteiger partial charge on any atom is 0.222 e. The lowest BCUT2D eigenvalue weighted by Crippen LogP contribution is -2.52. The fraction of sp³-hybridized carbons (Fsp3) is 0.588. The van der Waals surface area contributed by atoms with E-state index < -0.39 is 9.84 Å². The van der Waals surface area contributed by atoms with Gasteiger partial charge >= 0.3 is 0 Å². The van der Waals surface area contributed by atoms with Gasteiger partial charge in [0.1, 0.15) is 0 Å². The minimum atomic E-state index is -2.85. The summed E-state index contributed by atoms with van der Waals surface area (Å²) in [5.41, 5.74) is 1.07. The highest BCUT2D eigenvalue weighted by atomic mass is 35.5. The molecule has 2 aliphatic heterocycles. The van der Waals surface area contributed by atoms with E-state index in [0.717, 1.165) is 25.1 Å². The Morgan fingerprint density at radius 2 is 1.96 bits per heavy atom. The first-order chi connectivity index (χ1) is 11.4. The molecule has 0 radical (unpaired) electrons. The third-order valence-electron chi connectivity index (χ3n) is 4.91. The first-order valence-electron chi connectivity index (χ1n) is 8.40. The van der Waals surface area contributed by atoms with Crippen molar-refractivity contribution in [2.45, 2.75) is 25.3 Å². The molecule has 0 aliphatic carbocycles. The molecule has 1 unspecified atom stereocenters. The number of nitrogens with zero attached hydrogens (tertiary/aromatic N) is 2. The molecule has 132 valence electrons. The summed E-state index contributed by atoms with van der Waals surface area (Å²) in [6.45, 7) is 2.90. The average Bonchev–Trinajstić information content (AvgIpc) is 2.93. The summed E-state index contributed by atoms with van der Waals surface area (Å²) in [5, 5.41) is 0.695. The first-order valence-corrected chi connectivity index (χ1v) is 10.6. The fourth-order valence-corrected chi connectivity index (χ4v) is 5.48. The molecular weight excluding hydrogens is 348 g/mol. The molecule has 2 aliphatic rings. The SMILES string of the molecule is O=C(CCc1cccc(Cl)c1)N1CCN(C2CCS(=O)(=O)C2)CC1. The number of halogens is 1. The quantitative estimate of drug-likeness (QED) is 0.807. The summed E-state index contributed by atoms with van der Waals surface area (Å²) in [6.07, 6.45) is 1.91. The second kappa shape index (κ2) is 7.42. The van der Waals surface area contributed by atoms with Crippen molar-refractivity contribution in [2.24, 2.45) is 0 Å². The van der Waals surface area contributed by atoms with Crippen LogP contribution in [0.5, 0.6) is 0 Å². The molecule has 1 amide bonds. The van der Waals surface area contributed by atoms with Crippen molar-refractivity contribution in [3.05, 3.63) is 34.9 Å². The summed E-state index contributed by atoms with van der Waals surface area (Å²) in [7, 11) is -2.85. The van der Waals surface area contributed by atoms with Crippen LogP contribution in [0.1, 0.15) is 18.4 Å². The van der Waals surface area contributed by atoms with E-state index in [-0.39, 0.29) is 17.7 Å². The molecule has 0 spiro atoms. The summed E-state index contributed by atoms with van der Waals surface area (Å²) < 4.78 is 23.2. The largest absolute Gasteiger partial charge is 0.340 e. The standard InChI is InChI=1S/C17H23ClN2O3S/c18-15-3-1-2-14(12-15)4-5-17(21)20-9-7-19(8-10-20)16-6-11-24(22,23)13-16/h1-3,12,16H,4-11,13H2. The Balaban J connectivity index is 1.45. The second-order valence-corrected chi connectivity index (χ2v) is 9.27. The number of benzene rings is 1. The van der Waals surface area contributed by atoms with Gasteiger partial charge in [-0.3, -0.25) is 9.69 Å². The number of hydrogen-bond donors (Lipinski definition) is 0. The molecule has 3 rings (SSSR count). The van der Waals surface area contributed by atoms with E-state index >= 15 is 0 Å². The van der Waals surface area contributed by atoms with E-state index in [1.54, 1.807) is 0 Å². The molecule has 0 N–H and O–H groups in total. The molecule has 1 aromatic carbocycles. The lowest BCUT2D eigenvalue weighted by molar-refractivity contribution is -0.133. The normalized spacial score (nSPS) is 24.2. The number of aryl methyl sites for hydroxylation is 1. The zero-order chi connectivity index (χ0) is 17.2. The van der Waals surface area contributed by atoms with Gasteiger partial charge in [0, 0.05) is 43.7 Å². The van der Waals surface area contributed by atoms with E-state index in [9.17, 15) is 13.2 Å². The highest BCUT2D eigenvalue weighted by Gasteiger charge is 2.34. The van der Waals surface area contributed by atoms with Gasteiger partial charge in [-0.2, -0.15) is 0 Å². The van der Waals surface area contributed by atoms with Crippen LogP contribution in [0.2, 0.25) is 5.02 Å². The molecular formula is C17H23ClN2O3S. The van der Waals surface area contributed by atoms with Crippen molar-refractivity contribution in [1.29, 1.82) is 0 Å². The topological polar surface area (TPSA) is 57.7 Å². The van der Waals surface area contributed by atoms with Gasteiger partial charge < -0.3 is 4.90 Å². The molecule has 0 bridgehead atoms. The average molecular weight is 371 g/mol. The molecule has 2 saturated heterocycles. The van der Waals surface area contributed by atoms with E-state index in [1.165, 1.54) is 0 Å². The number of amides is 1. The van der Waals surface area contributed by atoms with Crippen LogP contribution in [-0.4, -0.2) is 67.9 Å². The van der Waals surface area contributed by atoms with Crippen molar-refractivity contribution in [2.75, 3.05) is 37.7 Å². The van der Waals surface area contributed by atoms with Gasteiger partial charge in [-0.05, 0) is 30.5 Å². The molecule has 1 atom stereocenters. The zero-order valence-corrected chi connectivity index (χ0v) is 15.2. The van der Waals surface area contributed by atoms with Crippen LogP contribution in [0.3, 0.4) is 0 Å². The minimum absolute atomic E-state index is 0.138. The number of hydrogen-bond acceptors (Lipinski definition) is 4. The van der Waals surface area contributed by atoms with Crippen LogP contribution in [-0.2, 0) is 21.1 Å². The molecule has 0 aromatic heterocycles. The van der Waals surface area contributed by atoms with Crippen LogP contribution < -0.4 is 0 Å². The Hall–Kier alpha value is -1.11. The Bertz CT molecular complexity index is 700. The van der Waals surface area contributed by atoms with Crippen LogP contribution in [0.25, 0.3) is 0 Å². The minimum Gasteiger partial charge on any atom is -0.340 e. The predicted molar refractivity (Wildman–Crippen MR) is 95.0 cm³/mol.